The number of hydrogen-bond acceptors (Lipinski definition) is 3. The number of hydrogen-bond donors (Lipinski definition) is 1. The van der Waals surface area contributed by atoms with Crippen LogP contribution in [-0.4, -0.2) is 18.0 Å². The lowest BCUT2D eigenvalue weighted by atomic mass is 10.1. The first-order valence-corrected chi connectivity index (χ1v) is 7.85. The van der Waals surface area contributed by atoms with Crippen molar-refractivity contribution in [3.63, 3.8) is 0 Å². The molecule has 0 saturated heterocycles. The Balaban J connectivity index is 2.10. The summed E-state index contributed by atoms with van der Waals surface area (Å²) in [5, 5.41) is 2.92. The van der Waals surface area contributed by atoms with Gasteiger partial charge in [0, 0.05) is 10.7 Å². The molecule has 6 heteroatoms. The second kappa shape index (κ2) is 7.04. The highest BCUT2D eigenvalue weighted by molar-refractivity contribution is 9.10. The number of rotatable bonds is 4. The van der Waals surface area contributed by atoms with Crippen molar-refractivity contribution in [1.82, 2.24) is 10.3 Å². The van der Waals surface area contributed by atoms with E-state index in [1.807, 2.05) is 25.1 Å². The van der Waals surface area contributed by atoms with E-state index in [1.165, 1.54) is 0 Å². The van der Waals surface area contributed by atoms with Crippen molar-refractivity contribution in [3.05, 3.63) is 56.7 Å². The number of benzene rings is 1. The van der Waals surface area contributed by atoms with E-state index in [2.05, 4.69) is 42.2 Å². The molecule has 21 heavy (non-hydrogen) atoms. The lowest BCUT2D eigenvalue weighted by Gasteiger charge is -2.15. The van der Waals surface area contributed by atoms with E-state index in [4.69, 9.17) is 4.74 Å². The van der Waals surface area contributed by atoms with Crippen LogP contribution in [0.5, 0.6) is 5.75 Å². The SMILES string of the molecule is COc1ccc(C(C)NC(=O)c2ccc(Br)cn2)cc1Br. The Morgan fingerprint density at radius 1 is 1.29 bits per heavy atom. The predicted molar refractivity (Wildman–Crippen MR) is 88.5 cm³/mol. The smallest absolute Gasteiger partial charge is 0.270 e. The van der Waals surface area contributed by atoms with Gasteiger partial charge in [-0.25, -0.2) is 4.98 Å². The Morgan fingerprint density at radius 2 is 2.05 bits per heavy atom. The summed E-state index contributed by atoms with van der Waals surface area (Å²) in [6.45, 7) is 1.92. The molecule has 1 N–H and O–H groups in total. The first-order chi connectivity index (χ1) is 10.0. The summed E-state index contributed by atoms with van der Waals surface area (Å²) in [5.41, 5.74) is 1.37. The maximum Gasteiger partial charge on any atom is 0.270 e. The second-order valence-electron chi connectivity index (χ2n) is 4.45. The fraction of sp³-hybridized carbons (Fsp3) is 0.200. The van der Waals surface area contributed by atoms with Gasteiger partial charge in [-0.15, -0.1) is 0 Å². The minimum Gasteiger partial charge on any atom is -0.496 e. The van der Waals surface area contributed by atoms with Crippen LogP contribution in [0.25, 0.3) is 0 Å². The second-order valence-corrected chi connectivity index (χ2v) is 6.22. The Kier molecular flexibility index (Phi) is 5.36. The molecule has 110 valence electrons. The van der Waals surface area contributed by atoms with E-state index in [1.54, 1.807) is 25.4 Å². The Morgan fingerprint density at radius 3 is 2.62 bits per heavy atom. The molecule has 0 aliphatic carbocycles. The summed E-state index contributed by atoms with van der Waals surface area (Å²) in [6.07, 6.45) is 1.60. The van der Waals surface area contributed by atoms with Gasteiger partial charge in [0.2, 0.25) is 0 Å². The Hall–Kier alpha value is -1.40. The number of methoxy groups -OCH3 is 1. The molecule has 0 aliphatic rings. The van der Waals surface area contributed by atoms with E-state index < -0.39 is 0 Å². The third-order valence-corrected chi connectivity index (χ3v) is 4.07. The summed E-state index contributed by atoms with van der Waals surface area (Å²) in [4.78, 5) is 16.2. The number of carbonyl (C=O) groups is 1. The molecule has 1 aromatic carbocycles. The molecule has 1 atom stereocenters. The van der Waals surface area contributed by atoms with Crippen LogP contribution in [0.3, 0.4) is 0 Å². The van der Waals surface area contributed by atoms with Crippen molar-refractivity contribution >= 4 is 37.8 Å². The van der Waals surface area contributed by atoms with E-state index in [9.17, 15) is 4.79 Å². The van der Waals surface area contributed by atoms with Crippen LogP contribution >= 0.6 is 31.9 Å². The Bertz CT molecular complexity index is 645. The van der Waals surface area contributed by atoms with Crippen LogP contribution in [0.2, 0.25) is 0 Å². The third kappa shape index (κ3) is 4.04. The first kappa shape index (κ1) is 16.0. The molecule has 0 saturated carbocycles. The number of carbonyl (C=O) groups excluding carboxylic acids is 1. The van der Waals surface area contributed by atoms with Crippen molar-refractivity contribution < 1.29 is 9.53 Å². The monoisotopic (exact) mass is 412 g/mol. The van der Waals surface area contributed by atoms with Crippen LogP contribution in [0, 0.1) is 0 Å². The zero-order chi connectivity index (χ0) is 15.4. The molecule has 0 fully saturated rings. The van der Waals surface area contributed by atoms with Gasteiger partial charge in [-0.2, -0.15) is 0 Å². The summed E-state index contributed by atoms with van der Waals surface area (Å²) in [7, 11) is 1.62. The van der Waals surface area contributed by atoms with Gasteiger partial charge in [0.25, 0.3) is 5.91 Å². The number of halogens is 2. The molecule has 2 rings (SSSR count). The maximum atomic E-state index is 12.1. The van der Waals surface area contributed by atoms with Crippen LogP contribution in [0.15, 0.2) is 45.5 Å². The molecule has 1 aromatic heterocycles. The van der Waals surface area contributed by atoms with Gasteiger partial charge in [-0.05, 0) is 68.6 Å². The number of pyridine rings is 1. The van der Waals surface area contributed by atoms with Crippen molar-refractivity contribution in [2.24, 2.45) is 0 Å². The van der Waals surface area contributed by atoms with Crippen molar-refractivity contribution in [2.45, 2.75) is 13.0 Å². The van der Waals surface area contributed by atoms with Gasteiger partial charge >= 0.3 is 0 Å². The van der Waals surface area contributed by atoms with E-state index >= 15 is 0 Å². The molecular formula is C15H14Br2N2O2. The van der Waals surface area contributed by atoms with Gasteiger partial charge in [-0.3, -0.25) is 4.79 Å². The maximum absolute atomic E-state index is 12.1. The quantitative estimate of drug-likeness (QED) is 0.820. The standard InChI is InChI=1S/C15H14Br2N2O2/c1-9(10-3-6-14(21-2)12(17)7-10)19-15(20)13-5-4-11(16)8-18-13/h3-9H,1-2H3,(H,19,20). The topological polar surface area (TPSA) is 51.2 Å². The predicted octanol–water partition coefficient (Wildman–Crippen LogP) is 4.11. The van der Waals surface area contributed by atoms with Crippen LogP contribution in [0.4, 0.5) is 0 Å². The molecule has 4 nitrogen and oxygen atoms in total. The summed E-state index contributed by atoms with van der Waals surface area (Å²) < 4.78 is 6.88. The number of nitrogens with one attached hydrogen (secondary N) is 1. The largest absolute Gasteiger partial charge is 0.496 e. The first-order valence-electron chi connectivity index (χ1n) is 6.27. The minimum atomic E-state index is -0.207. The van der Waals surface area contributed by atoms with Crippen LogP contribution in [0.1, 0.15) is 29.0 Å². The van der Waals surface area contributed by atoms with Gasteiger partial charge in [0.05, 0.1) is 17.6 Å². The summed E-state index contributed by atoms with van der Waals surface area (Å²) >= 11 is 6.73. The molecule has 0 spiro atoms. The van der Waals surface area contributed by atoms with E-state index in [-0.39, 0.29) is 11.9 Å². The number of ether oxygens (including phenoxy) is 1. The van der Waals surface area contributed by atoms with E-state index in [0.717, 1.165) is 20.3 Å². The minimum absolute atomic E-state index is 0.134. The highest BCUT2D eigenvalue weighted by atomic mass is 79.9. The molecule has 0 aliphatic heterocycles. The molecule has 1 unspecified atom stereocenters. The number of amides is 1. The van der Waals surface area contributed by atoms with Crippen molar-refractivity contribution in [3.8, 4) is 5.75 Å². The number of nitrogens with zero attached hydrogens (tertiary/aromatic N) is 1. The van der Waals surface area contributed by atoms with Crippen LogP contribution in [-0.2, 0) is 0 Å². The summed E-state index contributed by atoms with van der Waals surface area (Å²) in [5.74, 6) is 0.550. The van der Waals surface area contributed by atoms with Gasteiger partial charge in [-0.1, -0.05) is 6.07 Å². The molecule has 1 heterocycles. The fourth-order valence-corrected chi connectivity index (χ4v) is 2.61. The van der Waals surface area contributed by atoms with Crippen LogP contribution < -0.4 is 10.1 Å². The number of aromatic nitrogens is 1. The van der Waals surface area contributed by atoms with Gasteiger partial charge < -0.3 is 10.1 Å². The van der Waals surface area contributed by atoms with Gasteiger partial charge in [0.15, 0.2) is 0 Å². The highest BCUT2D eigenvalue weighted by Gasteiger charge is 2.13. The lowest BCUT2D eigenvalue weighted by molar-refractivity contribution is 0.0935. The average Bonchev–Trinajstić information content (AvgIpc) is 2.47. The molecule has 1 amide bonds. The van der Waals surface area contributed by atoms with Gasteiger partial charge in [0.1, 0.15) is 11.4 Å². The summed E-state index contributed by atoms with van der Waals surface area (Å²) in [6, 6.07) is 9.04. The van der Waals surface area contributed by atoms with E-state index in [0.29, 0.717) is 5.69 Å². The molecule has 2 aromatic rings. The fourth-order valence-electron chi connectivity index (χ4n) is 1.82. The normalized spacial score (nSPS) is 11.8. The highest BCUT2D eigenvalue weighted by Crippen LogP contribution is 2.28. The average molecular weight is 414 g/mol. The molecule has 0 bridgehead atoms. The van der Waals surface area contributed by atoms with Crippen molar-refractivity contribution in [1.29, 1.82) is 0 Å². The Labute approximate surface area is 140 Å². The zero-order valence-electron chi connectivity index (χ0n) is 11.6. The lowest BCUT2D eigenvalue weighted by Crippen LogP contribution is -2.27. The van der Waals surface area contributed by atoms with Crippen molar-refractivity contribution in [2.75, 3.05) is 7.11 Å². The third-order valence-electron chi connectivity index (χ3n) is 2.98. The molecule has 0 radical (unpaired) electrons. The zero-order valence-corrected chi connectivity index (χ0v) is 14.7. The molecular weight excluding hydrogens is 400 g/mol.